The van der Waals surface area contributed by atoms with E-state index in [0.29, 0.717) is 24.2 Å². The van der Waals surface area contributed by atoms with Crippen molar-refractivity contribution >= 4 is 5.91 Å². The molecule has 130 valence electrons. The second kappa shape index (κ2) is 5.32. The third-order valence-electron chi connectivity index (χ3n) is 6.74. The number of carbonyl (C=O) groups is 1. The van der Waals surface area contributed by atoms with Crippen molar-refractivity contribution in [1.29, 1.82) is 0 Å². The van der Waals surface area contributed by atoms with Crippen LogP contribution < -0.4 is 0 Å². The molecule has 3 aliphatic rings. The van der Waals surface area contributed by atoms with Gasteiger partial charge in [0.1, 0.15) is 0 Å². The molecule has 1 aromatic rings. The maximum absolute atomic E-state index is 12.5. The molecule has 2 aliphatic carbocycles. The topological polar surface area (TPSA) is 40.5 Å². The molecule has 3 fully saturated rings. The molecule has 3 nitrogen and oxygen atoms in total. The van der Waals surface area contributed by atoms with Crippen LogP contribution in [0.4, 0.5) is 0 Å². The number of aryl methyl sites for hydroxylation is 2. The van der Waals surface area contributed by atoms with E-state index in [1.807, 2.05) is 11.8 Å². The zero-order chi connectivity index (χ0) is 17.1. The van der Waals surface area contributed by atoms with Crippen molar-refractivity contribution in [3.8, 4) is 0 Å². The molecule has 1 saturated heterocycles. The second-order valence-corrected chi connectivity index (χ2v) is 9.04. The number of likely N-dealkylation sites (tertiary alicyclic amines) is 1. The van der Waals surface area contributed by atoms with Crippen molar-refractivity contribution in [2.24, 2.45) is 11.3 Å². The summed E-state index contributed by atoms with van der Waals surface area (Å²) in [5.41, 5.74) is 4.14. The van der Waals surface area contributed by atoms with Crippen LogP contribution >= 0.6 is 0 Å². The molecule has 3 heteroatoms. The van der Waals surface area contributed by atoms with Crippen molar-refractivity contribution in [3.63, 3.8) is 0 Å². The lowest BCUT2D eigenvalue weighted by molar-refractivity contribution is -0.161. The molecule has 4 rings (SSSR count). The second-order valence-electron chi connectivity index (χ2n) is 9.04. The predicted molar refractivity (Wildman–Crippen MR) is 94.9 cm³/mol. The maximum Gasteiger partial charge on any atom is 0.225 e. The minimum absolute atomic E-state index is 0.0631. The van der Waals surface area contributed by atoms with Gasteiger partial charge in [0.15, 0.2) is 0 Å². The van der Waals surface area contributed by atoms with Gasteiger partial charge in [0.05, 0.1) is 5.60 Å². The summed E-state index contributed by atoms with van der Waals surface area (Å²) in [6.45, 7) is 8.16. The Morgan fingerprint density at radius 1 is 1.17 bits per heavy atom. The number of aliphatic hydroxyl groups is 1. The highest BCUT2D eigenvalue weighted by Gasteiger charge is 2.53. The van der Waals surface area contributed by atoms with Crippen LogP contribution in [0.5, 0.6) is 0 Å². The number of carbonyl (C=O) groups excluding carboxylic acids is 1. The summed E-state index contributed by atoms with van der Waals surface area (Å²) in [5, 5.41) is 9.85. The van der Waals surface area contributed by atoms with Crippen LogP contribution in [0.3, 0.4) is 0 Å². The predicted octanol–water partition coefficient (Wildman–Crippen LogP) is 3.56. The minimum atomic E-state index is -0.607. The highest BCUT2D eigenvalue weighted by molar-refractivity contribution is 5.81. The Labute approximate surface area is 145 Å². The Morgan fingerprint density at radius 3 is 2.38 bits per heavy atom. The third kappa shape index (κ3) is 2.57. The van der Waals surface area contributed by atoms with Crippen LogP contribution in [0.1, 0.15) is 61.6 Å². The van der Waals surface area contributed by atoms with E-state index in [1.54, 1.807) is 5.56 Å². The fourth-order valence-electron chi connectivity index (χ4n) is 5.57. The number of nitrogens with zero attached hydrogens (tertiary/aromatic N) is 1. The van der Waals surface area contributed by atoms with Gasteiger partial charge in [-0.15, -0.1) is 0 Å². The standard InChI is InChI=1S/C21H29NO2/c1-14-5-4-6-15(2)18(14)16-7-8-21(11-16)12-22(13-21)19(23)17-9-20(3,24)10-17/h4-6,16-17,24H,7-13H2,1-3H3/t16?,17-,20+. The smallest absolute Gasteiger partial charge is 0.225 e. The summed E-state index contributed by atoms with van der Waals surface area (Å²) in [6.07, 6.45) is 5.01. The van der Waals surface area contributed by atoms with E-state index in [-0.39, 0.29) is 11.8 Å². The van der Waals surface area contributed by atoms with E-state index in [0.717, 1.165) is 13.1 Å². The van der Waals surface area contributed by atoms with Crippen LogP contribution in [0.15, 0.2) is 18.2 Å². The molecule has 2 saturated carbocycles. The number of hydrogen-bond donors (Lipinski definition) is 1. The Balaban J connectivity index is 1.38. The van der Waals surface area contributed by atoms with Crippen molar-refractivity contribution in [1.82, 2.24) is 4.90 Å². The quantitative estimate of drug-likeness (QED) is 0.902. The van der Waals surface area contributed by atoms with E-state index in [2.05, 4.69) is 32.0 Å². The molecule has 1 aliphatic heterocycles. The van der Waals surface area contributed by atoms with Gasteiger partial charge in [0, 0.05) is 24.4 Å². The van der Waals surface area contributed by atoms with Crippen molar-refractivity contribution in [2.45, 2.75) is 64.4 Å². The molecule has 0 radical (unpaired) electrons. The van der Waals surface area contributed by atoms with Gasteiger partial charge in [-0.1, -0.05) is 18.2 Å². The first kappa shape index (κ1) is 16.1. The summed E-state index contributed by atoms with van der Waals surface area (Å²) in [6, 6.07) is 6.61. The first-order chi connectivity index (χ1) is 11.3. The third-order valence-corrected chi connectivity index (χ3v) is 6.74. The van der Waals surface area contributed by atoms with Gasteiger partial charge in [0.2, 0.25) is 5.91 Å². The number of rotatable bonds is 2. The van der Waals surface area contributed by atoms with Crippen molar-refractivity contribution in [2.75, 3.05) is 13.1 Å². The maximum atomic E-state index is 12.5. The van der Waals surface area contributed by atoms with Gasteiger partial charge in [-0.05, 0) is 75.5 Å². The van der Waals surface area contributed by atoms with E-state index in [1.165, 1.54) is 30.4 Å². The van der Waals surface area contributed by atoms with Crippen molar-refractivity contribution in [3.05, 3.63) is 34.9 Å². The first-order valence-electron chi connectivity index (χ1n) is 9.36. The zero-order valence-electron chi connectivity index (χ0n) is 15.1. The highest BCUT2D eigenvalue weighted by Crippen LogP contribution is 2.53. The van der Waals surface area contributed by atoms with Gasteiger partial charge < -0.3 is 10.0 Å². The van der Waals surface area contributed by atoms with Crippen LogP contribution in [-0.2, 0) is 4.79 Å². The van der Waals surface area contributed by atoms with E-state index in [4.69, 9.17) is 0 Å². The van der Waals surface area contributed by atoms with Crippen LogP contribution in [0, 0.1) is 25.2 Å². The van der Waals surface area contributed by atoms with Crippen LogP contribution in [0.2, 0.25) is 0 Å². The highest BCUT2D eigenvalue weighted by atomic mass is 16.3. The van der Waals surface area contributed by atoms with Gasteiger partial charge in [-0.25, -0.2) is 0 Å². The normalized spacial score (nSPS) is 34.1. The van der Waals surface area contributed by atoms with Gasteiger partial charge >= 0.3 is 0 Å². The summed E-state index contributed by atoms with van der Waals surface area (Å²) in [4.78, 5) is 14.6. The Kier molecular flexibility index (Phi) is 3.58. The lowest BCUT2D eigenvalue weighted by Gasteiger charge is -2.52. The summed E-state index contributed by atoms with van der Waals surface area (Å²) >= 11 is 0. The number of hydrogen-bond acceptors (Lipinski definition) is 2. The molecule has 0 aromatic heterocycles. The van der Waals surface area contributed by atoms with Gasteiger partial charge in [-0.2, -0.15) is 0 Å². The van der Waals surface area contributed by atoms with Crippen LogP contribution in [-0.4, -0.2) is 34.6 Å². The number of benzene rings is 1. The van der Waals surface area contributed by atoms with Crippen molar-refractivity contribution < 1.29 is 9.90 Å². The Hall–Kier alpha value is -1.35. The van der Waals surface area contributed by atoms with E-state index in [9.17, 15) is 9.90 Å². The molecular formula is C21H29NO2. The molecule has 1 aromatic carbocycles. The van der Waals surface area contributed by atoms with Gasteiger partial charge in [0.25, 0.3) is 0 Å². The summed E-state index contributed by atoms with van der Waals surface area (Å²) in [7, 11) is 0. The minimum Gasteiger partial charge on any atom is -0.390 e. The lowest BCUT2D eigenvalue weighted by atomic mass is 9.69. The Morgan fingerprint density at radius 2 is 1.79 bits per heavy atom. The summed E-state index contributed by atoms with van der Waals surface area (Å²) < 4.78 is 0. The Bertz CT molecular complexity index is 644. The molecule has 1 spiro atoms. The first-order valence-corrected chi connectivity index (χ1v) is 9.36. The summed E-state index contributed by atoms with van der Waals surface area (Å²) in [5.74, 6) is 1.00. The number of amides is 1. The van der Waals surface area contributed by atoms with Gasteiger partial charge in [-0.3, -0.25) is 4.79 Å². The van der Waals surface area contributed by atoms with E-state index < -0.39 is 5.60 Å². The van der Waals surface area contributed by atoms with Crippen LogP contribution in [0.25, 0.3) is 0 Å². The molecule has 1 heterocycles. The average molecular weight is 327 g/mol. The van der Waals surface area contributed by atoms with E-state index >= 15 is 0 Å². The fraction of sp³-hybridized carbons (Fsp3) is 0.667. The average Bonchev–Trinajstić information content (AvgIpc) is 2.87. The lowest BCUT2D eigenvalue weighted by Crippen LogP contribution is -2.61. The fourth-order valence-corrected chi connectivity index (χ4v) is 5.57. The molecule has 0 bridgehead atoms. The molecule has 1 unspecified atom stereocenters. The SMILES string of the molecule is Cc1cccc(C)c1C1CCC2(C1)CN(C(=O)[C@H]1C[C@@](C)(O)C1)C2. The molecule has 1 atom stereocenters. The molecule has 24 heavy (non-hydrogen) atoms. The molecular weight excluding hydrogens is 298 g/mol. The monoisotopic (exact) mass is 327 g/mol. The largest absolute Gasteiger partial charge is 0.390 e. The molecule has 1 N–H and O–H groups in total. The zero-order valence-corrected chi connectivity index (χ0v) is 15.1. The molecule has 1 amide bonds.